The molecule has 0 amide bonds. The van der Waals surface area contributed by atoms with Gasteiger partial charge in [0.2, 0.25) is 0 Å². The number of aliphatic carboxylic acids is 1. The Labute approximate surface area is 100 Å². The van der Waals surface area contributed by atoms with Gasteiger partial charge in [-0.3, -0.25) is 0 Å². The van der Waals surface area contributed by atoms with Crippen LogP contribution >= 0.6 is 0 Å². The normalized spacial score (nSPS) is 11.7. The van der Waals surface area contributed by atoms with Gasteiger partial charge in [-0.25, -0.2) is 4.79 Å². The van der Waals surface area contributed by atoms with Gasteiger partial charge in [0, 0.05) is 0 Å². The third-order valence-corrected chi connectivity index (χ3v) is 2.04. The first-order chi connectivity index (χ1) is 8.24. The highest BCUT2D eigenvalue weighted by Crippen LogP contribution is 2.00. The van der Waals surface area contributed by atoms with E-state index in [4.69, 9.17) is 9.94 Å². The van der Waals surface area contributed by atoms with Crippen molar-refractivity contribution in [2.45, 2.75) is 13.3 Å². The van der Waals surface area contributed by atoms with Gasteiger partial charge in [0.1, 0.15) is 6.61 Å². The summed E-state index contributed by atoms with van der Waals surface area (Å²) >= 11 is 0. The van der Waals surface area contributed by atoms with E-state index in [9.17, 15) is 4.79 Å². The molecule has 0 atom stereocenters. The van der Waals surface area contributed by atoms with Crippen molar-refractivity contribution in [3.8, 4) is 0 Å². The minimum atomic E-state index is -1.04. The van der Waals surface area contributed by atoms with Gasteiger partial charge in [0.15, 0.2) is 5.71 Å². The second-order valence-corrected chi connectivity index (χ2v) is 3.31. The summed E-state index contributed by atoms with van der Waals surface area (Å²) < 4.78 is 0. The Morgan fingerprint density at radius 3 is 2.71 bits per heavy atom. The topological polar surface area (TPSA) is 58.9 Å². The van der Waals surface area contributed by atoms with Crippen LogP contribution in [0, 0.1) is 0 Å². The number of oxime groups is 1. The molecular formula is C13H15NO3. The van der Waals surface area contributed by atoms with Gasteiger partial charge in [-0.2, -0.15) is 0 Å². The van der Waals surface area contributed by atoms with Crippen molar-refractivity contribution in [1.29, 1.82) is 0 Å². The lowest BCUT2D eigenvalue weighted by Gasteiger charge is -1.97. The molecule has 1 aromatic rings. The van der Waals surface area contributed by atoms with E-state index in [1.165, 1.54) is 0 Å². The summed E-state index contributed by atoms with van der Waals surface area (Å²) in [6.07, 6.45) is 4.02. The number of benzene rings is 1. The molecule has 0 aliphatic carbocycles. The van der Waals surface area contributed by atoms with Crippen molar-refractivity contribution in [3.05, 3.63) is 42.0 Å². The largest absolute Gasteiger partial charge is 0.477 e. The molecule has 0 saturated heterocycles. The van der Waals surface area contributed by atoms with E-state index in [1.54, 1.807) is 13.0 Å². The Balaban J connectivity index is 2.38. The Hall–Kier alpha value is -2.10. The van der Waals surface area contributed by atoms with Crippen molar-refractivity contribution in [1.82, 2.24) is 0 Å². The summed E-state index contributed by atoms with van der Waals surface area (Å²) in [5, 5.41) is 12.2. The van der Waals surface area contributed by atoms with E-state index in [2.05, 4.69) is 5.16 Å². The van der Waals surface area contributed by atoms with Crippen LogP contribution in [0.25, 0.3) is 6.08 Å². The van der Waals surface area contributed by atoms with Crippen LogP contribution in [-0.2, 0) is 9.63 Å². The third kappa shape index (κ3) is 4.97. The predicted octanol–water partition coefficient (Wildman–Crippen LogP) is 2.57. The maximum absolute atomic E-state index is 10.6. The molecule has 0 heterocycles. The molecule has 1 aromatic carbocycles. The highest BCUT2D eigenvalue weighted by atomic mass is 16.6. The van der Waals surface area contributed by atoms with Gasteiger partial charge in [0.05, 0.1) is 0 Å². The number of carbonyl (C=O) groups is 1. The SMILES string of the molecule is CC/C(=N/OC/C=C/c1ccccc1)C(=O)O. The first kappa shape index (κ1) is 13.0. The molecule has 0 radical (unpaired) electrons. The second kappa shape index (κ2) is 7.22. The average Bonchev–Trinajstić information content (AvgIpc) is 2.34. The summed E-state index contributed by atoms with van der Waals surface area (Å²) in [5.74, 6) is -1.04. The summed E-state index contributed by atoms with van der Waals surface area (Å²) in [7, 11) is 0. The molecule has 1 N–H and O–H groups in total. The summed E-state index contributed by atoms with van der Waals surface area (Å²) in [4.78, 5) is 15.5. The zero-order chi connectivity index (χ0) is 12.5. The first-order valence-corrected chi connectivity index (χ1v) is 5.37. The molecule has 4 heteroatoms. The van der Waals surface area contributed by atoms with Crippen LogP contribution in [0.1, 0.15) is 18.9 Å². The van der Waals surface area contributed by atoms with Crippen molar-refractivity contribution >= 4 is 17.8 Å². The van der Waals surface area contributed by atoms with E-state index >= 15 is 0 Å². The van der Waals surface area contributed by atoms with E-state index in [0.717, 1.165) is 5.56 Å². The fourth-order valence-corrected chi connectivity index (χ4v) is 1.16. The van der Waals surface area contributed by atoms with Crippen molar-refractivity contribution in [2.24, 2.45) is 5.16 Å². The van der Waals surface area contributed by atoms with Crippen LogP contribution in [0.3, 0.4) is 0 Å². The fourth-order valence-electron chi connectivity index (χ4n) is 1.16. The van der Waals surface area contributed by atoms with Gasteiger partial charge in [-0.15, -0.1) is 0 Å². The molecule has 0 spiro atoms. The van der Waals surface area contributed by atoms with Crippen molar-refractivity contribution < 1.29 is 14.7 Å². The number of carboxylic acid groups (broad SMARTS) is 1. The molecule has 0 aliphatic rings. The van der Waals surface area contributed by atoms with Gasteiger partial charge in [-0.05, 0) is 18.1 Å². The monoisotopic (exact) mass is 233 g/mol. The first-order valence-electron chi connectivity index (χ1n) is 5.37. The fraction of sp³-hybridized carbons (Fsp3) is 0.231. The molecule has 4 nitrogen and oxygen atoms in total. The highest BCUT2D eigenvalue weighted by Gasteiger charge is 2.05. The molecule has 0 bridgehead atoms. The molecular weight excluding hydrogens is 218 g/mol. The number of carboxylic acids is 1. The molecule has 90 valence electrons. The maximum Gasteiger partial charge on any atom is 0.353 e. The lowest BCUT2D eigenvalue weighted by Crippen LogP contribution is -2.11. The Morgan fingerprint density at radius 1 is 1.41 bits per heavy atom. The average molecular weight is 233 g/mol. The number of hydrogen-bond acceptors (Lipinski definition) is 3. The number of nitrogens with zero attached hydrogens (tertiary/aromatic N) is 1. The second-order valence-electron chi connectivity index (χ2n) is 3.31. The zero-order valence-corrected chi connectivity index (χ0v) is 9.67. The maximum atomic E-state index is 10.6. The van der Waals surface area contributed by atoms with Gasteiger partial charge in [-0.1, -0.05) is 48.5 Å². The van der Waals surface area contributed by atoms with Crippen molar-refractivity contribution in [3.63, 3.8) is 0 Å². The quantitative estimate of drug-likeness (QED) is 0.466. The van der Waals surface area contributed by atoms with Crippen molar-refractivity contribution in [2.75, 3.05) is 6.61 Å². The molecule has 17 heavy (non-hydrogen) atoms. The number of hydrogen-bond donors (Lipinski definition) is 1. The molecule has 0 unspecified atom stereocenters. The van der Waals surface area contributed by atoms with Crippen LogP contribution in [0.4, 0.5) is 0 Å². The summed E-state index contributed by atoms with van der Waals surface area (Å²) in [6.45, 7) is 1.97. The van der Waals surface area contributed by atoms with Crippen LogP contribution in [0.15, 0.2) is 41.6 Å². The predicted molar refractivity (Wildman–Crippen MR) is 66.8 cm³/mol. The lowest BCUT2D eigenvalue weighted by atomic mass is 10.2. The number of rotatable bonds is 6. The minimum Gasteiger partial charge on any atom is -0.477 e. The third-order valence-electron chi connectivity index (χ3n) is 2.04. The Bertz CT molecular complexity index is 410. The highest BCUT2D eigenvalue weighted by molar-refractivity contribution is 6.35. The molecule has 0 fully saturated rings. The molecule has 0 aromatic heterocycles. The molecule has 1 rings (SSSR count). The molecule has 0 aliphatic heterocycles. The van der Waals surface area contributed by atoms with E-state index in [-0.39, 0.29) is 12.3 Å². The Morgan fingerprint density at radius 2 is 2.12 bits per heavy atom. The lowest BCUT2D eigenvalue weighted by molar-refractivity contribution is -0.129. The van der Waals surface area contributed by atoms with Gasteiger partial charge < -0.3 is 9.94 Å². The van der Waals surface area contributed by atoms with Crippen LogP contribution in [-0.4, -0.2) is 23.4 Å². The smallest absolute Gasteiger partial charge is 0.353 e. The summed E-state index contributed by atoms with van der Waals surface area (Å²) in [6, 6.07) is 9.76. The van der Waals surface area contributed by atoms with E-state index < -0.39 is 5.97 Å². The van der Waals surface area contributed by atoms with E-state index in [1.807, 2.05) is 36.4 Å². The standard InChI is InChI=1S/C13H15NO3/c1-2-12(13(15)16)14-17-10-6-9-11-7-4-3-5-8-11/h3-9H,2,10H2,1H3,(H,15,16)/b9-6+,14-12-. The van der Waals surface area contributed by atoms with Gasteiger partial charge in [0.25, 0.3) is 0 Å². The summed E-state index contributed by atoms with van der Waals surface area (Å²) in [5.41, 5.74) is 1.09. The van der Waals surface area contributed by atoms with E-state index in [0.29, 0.717) is 6.42 Å². The van der Waals surface area contributed by atoms with Gasteiger partial charge >= 0.3 is 5.97 Å². The molecule has 0 saturated carbocycles. The van der Waals surface area contributed by atoms with Crippen LogP contribution in [0.2, 0.25) is 0 Å². The van der Waals surface area contributed by atoms with Crippen LogP contribution in [0.5, 0.6) is 0 Å². The Kier molecular flexibility index (Phi) is 5.51. The zero-order valence-electron chi connectivity index (χ0n) is 9.67. The van der Waals surface area contributed by atoms with Crippen LogP contribution < -0.4 is 0 Å². The minimum absolute atomic E-state index is 0.0260.